The highest BCUT2D eigenvalue weighted by Crippen LogP contribution is 2.35. The Balaban J connectivity index is 2.62. The van der Waals surface area contributed by atoms with Gasteiger partial charge >= 0.3 is 0 Å². The Morgan fingerprint density at radius 1 is 1.00 bits per heavy atom. The first-order valence-electron chi connectivity index (χ1n) is 7.23. The second-order valence-electron chi connectivity index (χ2n) is 7.57. The number of carbonyl (C=O) groups is 1. The van der Waals surface area contributed by atoms with E-state index in [1.807, 2.05) is 17.0 Å². The van der Waals surface area contributed by atoms with Gasteiger partial charge in [-0.25, -0.2) is 0 Å². The molecule has 0 atom stereocenters. The zero-order chi connectivity index (χ0) is 15.1. The maximum absolute atomic E-state index is 13.0. The van der Waals surface area contributed by atoms with Gasteiger partial charge in [-0.1, -0.05) is 45.0 Å². The lowest BCUT2D eigenvalue weighted by molar-refractivity contribution is -0.133. The monoisotopic (exact) mass is 271 g/mol. The molecule has 2 heteroatoms. The summed E-state index contributed by atoms with van der Waals surface area (Å²) in [7, 11) is 0. The first-order valence-corrected chi connectivity index (χ1v) is 7.23. The fraction of sp³-hybridized carbons (Fsp3) is 0.500. The summed E-state index contributed by atoms with van der Waals surface area (Å²) in [6.07, 6.45) is 2.07. The van der Waals surface area contributed by atoms with Crippen LogP contribution in [0.1, 0.15) is 52.7 Å². The smallest absolute Gasteiger partial charge is 0.251 e. The molecule has 1 aliphatic heterocycles. The van der Waals surface area contributed by atoms with E-state index >= 15 is 0 Å². The third-order valence-electron chi connectivity index (χ3n) is 3.78. The van der Waals surface area contributed by atoms with Crippen LogP contribution in [0.25, 0.3) is 6.08 Å². The summed E-state index contributed by atoms with van der Waals surface area (Å²) in [6, 6.07) is 8.29. The van der Waals surface area contributed by atoms with Crippen LogP contribution in [0.3, 0.4) is 0 Å². The number of fused-ring (bicyclic) bond motifs is 1. The molecule has 2 nitrogen and oxygen atoms in total. The second-order valence-corrected chi connectivity index (χ2v) is 7.57. The third-order valence-corrected chi connectivity index (χ3v) is 3.78. The van der Waals surface area contributed by atoms with Gasteiger partial charge in [0.1, 0.15) is 0 Å². The lowest BCUT2D eigenvalue weighted by atomic mass is 9.84. The number of hydrogen-bond donors (Lipinski definition) is 0. The summed E-state index contributed by atoms with van der Waals surface area (Å²) in [6.45, 7) is 13.3. The summed E-state index contributed by atoms with van der Waals surface area (Å²) < 4.78 is 0. The molecule has 0 radical (unpaired) electrons. The summed E-state index contributed by atoms with van der Waals surface area (Å²) in [4.78, 5) is 14.9. The lowest BCUT2D eigenvalue weighted by Crippen LogP contribution is -2.46. The molecule has 108 valence electrons. The molecule has 20 heavy (non-hydrogen) atoms. The van der Waals surface area contributed by atoms with Gasteiger partial charge in [0.2, 0.25) is 0 Å². The molecule has 1 aromatic rings. The van der Waals surface area contributed by atoms with Crippen molar-refractivity contribution in [3.8, 4) is 0 Å². The predicted octanol–water partition coefficient (Wildman–Crippen LogP) is 4.26. The number of nitrogens with zero attached hydrogens (tertiary/aromatic N) is 1. The third kappa shape index (κ3) is 2.79. The fourth-order valence-electron chi connectivity index (χ4n) is 2.50. The normalized spacial score (nSPS) is 16.6. The molecule has 0 N–H and O–H groups in total. The predicted molar refractivity (Wildman–Crippen MR) is 84.2 cm³/mol. The van der Waals surface area contributed by atoms with Gasteiger partial charge in [-0.3, -0.25) is 4.79 Å². The van der Waals surface area contributed by atoms with E-state index in [0.29, 0.717) is 6.54 Å². The maximum atomic E-state index is 13.0. The number of benzene rings is 1. The van der Waals surface area contributed by atoms with Gasteiger partial charge in [0, 0.05) is 17.7 Å². The van der Waals surface area contributed by atoms with Crippen LogP contribution in [0.2, 0.25) is 0 Å². The summed E-state index contributed by atoms with van der Waals surface area (Å²) in [5, 5.41) is 0. The topological polar surface area (TPSA) is 20.3 Å². The highest BCUT2D eigenvalue weighted by molar-refractivity contribution is 6.00. The van der Waals surface area contributed by atoms with Gasteiger partial charge in [0.15, 0.2) is 0 Å². The molecule has 0 spiro atoms. The average molecular weight is 271 g/mol. The Labute approximate surface area is 122 Å². The Morgan fingerprint density at radius 3 is 2.15 bits per heavy atom. The Kier molecular flexibility index (Phi) is 3.53. The maximum Gasteiger partial charge on any atom is 0.251 e. The number of carbonyl (C=O) groups excluding carboxylic acids is 1. The molecule has 0 saturated heterocycles. The van der Waals surface area contributed by atoms with Crippen LogP contribution < -0.4 is 0 Å². The molecule has 1 heterocycles. The van der Waals surface area contributed by atoms with Crippen LogP contribution in [-0.2, 0) is 11.3 Å². The fourth-order valence-corrected chi connectivity index (χ4v) is 2.50. The Morgan fingerprint density at radius 2 is 1.60 bits per heavy atom. The van der Waals surface area contributed by atoms with Crippen molar-refractivity contribution in [2.75, 3.05) is 0 Å². The average Bonchev–Trinajstić information content (AvgIpc) is 2.45. The van der Waals surface area contributed by atoms with Gasteiger partial charge in [0.25, 0.3) is 5.91 Å². The van der Waals surface area contributed by atoms with E-state index in [1.165, 1.54) is 5.56 Å². The molecule has 1 aliphatic rings. The highest BCUT2D eigenvalue weighted by atomic mass is 16.2. The molecule has 1 aromatic carbocycles. The highest BCUT2D eigenvalue weighted by Gasteiger charge is 2.35. The summed E-state index contributed by atoms with van der Waals surface area (Å²) in [5.74, 6) is 0.154. The number of rotatable bonds is 0. The van der Waals surface area contributed by atoms with Crippen molar-refractivity contribution in [3.63, 3.8) is 0 Å². The van der Waals surface area contributed by atoms with E-state index in [2.05, 4.69) is 59.8 Å². The molecule has 0 aromatic heterocycles. The molecule has 0 saturated carbocycles. The molecular formula is C18H25NO. The molecular weight excluding hydrogens is 246 g/mol. The molecule has 0 aliphatic carbocycles. The molecule has 0 unspecified atom stereocenters. The van der Waals surface area contributed by atoms with Crippen molar-refractivity contribution in [1.82, 2.24) is 4.90 Å². The van der Waals surface area contributed by atoms with E-state index in [0.717, 1.165) is 11.1 Å². The summed E-state index contributed by atoms with van der Waals surface area (Å²) >= 11 is 0. The van der Waals surface area contributed by atoms with Crippen molar-refractivity contribution < 1.29 is 4.79 Å². The van der Waals surface area contributed by atoms with Gasteiger partial charge in [-0.2, -0.15) is 0 Å². The lowest BCUT2D eigenvalue weighted by Gasteiger charge is -2.37. The van der Waals surface area contributed by atoms with Crippen molar-refractivity contribution in [3.05, 3.63) is 41.0 Å². The first-order chi connectivity index (χ1) is 9.10. The van der Waals surface area contributed by atoms with Gasteiger partial charge in [-0.05, 0) is 43.4 Å². The minimum Gasteiger partial charge on any atom is -0.330 e. The van der Waals surface area contributed by atoms with Crippen LogP contribution in [0.4, 0.5) is 0 Å². The van der Waals surface area contributed by atoms with Gasteiger partial charge in [-0.15, -0.1) is 0 Å². The summed E-state index contributed by atoms with van der Waals surface area (Å²) in [5.41, 5.74) is 2.93. The van der Waals surface area contributed by atoms with Crippen LogP contribution in [0.15, 0.2) is 29.8 Å². The Hall–Kier alpha value is -1.57. The zero-order valence-corrected chi connectivity index (χ0v) is 13.4. The molecule has 0 fully saturated rings. The van der Waals surface area contributed by atoms with Crippen molar-refractivity contribution >= 4 is 12.0 Å². The van der Waals surface area contributed by atoms with E-state index in [4.69, 9.17) is 0 Å². The van der Waals surface area contributed by atoms with Gasteiger partial charge in [0.05, 0.1) is 0 Å². The second kappa shape index (κ2) is 4.76. The Bertz CT molecular complexity index is 556. The van der Waals surface area contributed by atoms with Crippen LogP contribution >= 0.6 is 0 Å². The van der Waals surface area contributed by atoms with Crippen molar-refractivity contribution in [1.29, 1.82) is 0 Å². The number of amides is 1. The SMILES string of the molecule is CC(C)(C)C1=Cc2ccccc2CN(C(C)(C)C)C1=O. The van der Waals surface area contributed by atoms with E-state index in [1.54, 1.807) is 0 Å². The van der Waals surface area contributed by atoms with Crippen LogP contribution in [0, 0.1) is 5.41 Å². The molecule has 1 amide bonds. The minimum absolute atomic E-state index is 0.154. The molecule has 0 bridgehead atoms. The van der Waals surface area contributed by atoms with Crippen LogP contribution in [-0.4, -0.2) is 16.3 Å². The number of hydrogen-bond acceptors (Lipinski definition) is 1. The van der Waals surface area contributed by atoms with E-state index in [9.17, 15) is 4.79 Å². The van der Waals surface area contributed by atoms with Crippen molar-refractivity contribution in [2.45, 2.75) is 53.6 Å². The van der Waals surface area contributed by atoms with Crippen molar-refractivity contribution in [2.24, 2.45) is 5.41 Å². The van der Waals surface area contributed by atoms with Crippen LogP contribution in [0.5, 0.6) is 0 Å². The zero-order valence-electron chi connectivity index (χ0n) is 13.4. The quantitative estimate of drug-likeness (QED) is 0.690. The van der Waals surface area contributed by atoms with E-state index in [-0.39, 0.29) is 16.9 Å². The first kappa shape index (κ1) is 14.8. The largest absolute Gasteiger partial charge is 0.330 e. The standard InChI is InChI=1S/C18H25NO/c1-17(2,3)15-11-13-9-7-8-10-14(13)12-19(16(15)20)18(4,5)6/h7-11H,12H2,1-6H3. The van der Waals surface area contributed by atoms with Gasteiger partial charge < -0.3 is 4.90 Å². The minimum atomic E-state index is -0.182. The molecule has 2 rings (SSSR count). The van der Waals surface area contributed by atoms with E-state index < -0.39 is 0 Å².